The predicted octanol–water partition coefficient (Wildman–Crippen LogP) is 4.07. The molecule has 0 spiro atoms. The monoisotopic (exact) mass is 313 g/mol. The summed E-state index contributed by atoms with van der Waals surface area (Å²) in [5, 5.41) is 4.45. The van der Waals surface area contributed by atoms with E-state index in [2.05, 4.69) is 22.2 Å². The zero-order valence-corrected chi connectivity index (χ0v) is 12.9. The van der Waals surface area contributed by atoms with E-state index in [1.54, 1.807) is 30.6 Å². The molecule has 0 fully saturated rings. The second-order valence-corrected chi connectivity index (χ2v) is 5.48. The van der Waals surface area contributed by atoms with E-state index < -0.39 is 0 Å². The van der Waals surface area contributed by atoms with Crippen LogP contribution in [0.3, 0.4) is 0 Å². The number of nitrogens with one attached hydrogen (secondary N) is 2. The van der Waals surface area contributed by atoms with Crippen molar-refractivity contribution >= 4 is 28.3 Å². The second kappa shape index (κ2) is 6.20. The van der Waals surface area contributed by atoms with Crippen LogP contribution in [0.25, 0.3) is 22.0 Å². The van der Waals surface area contributed by atoms with Gasteiger partial charge in [0.05, 0.1) is 10.9 Å². The number of aromatic nitrogens is 2. The van der Waals surface area contributed by atoms with Crippen molar-refractivity contribution in [1.82, 2.24) is 9.97 Å². The number of rotatable bonds is 4. The highest BCUT2D eigenvalue weighted by molar-refractivity contribution is 6.30. The van der Waals surface area contributed by atoms with Crippen LogP contribution in [0.2, 0.25) is 5.02 Å². The number of anilines is 1. The molecule has 0 aliphatic carbocycles. The van der Waals surface area contributed by atoms with Gasteiger partial charge in [0.15, 0.2) is 0 Å². The lowest BCUT2D eigenvalue weighted by Gasteiger charge is -2.09. The summed E-state index contributed by atoms with van der Waals surface area (Å²) in [5.41, 5.74) is 2.17. The van der Waals surface area contributed by atoms with Gasteiger partial charge < -0.3 is 10.3 Å². The van der Waals surface area contributed by atoms with Gasteiger partial charge in [0.2, 0.25) is 5.43 Å². The first-order valence-corrected chi connectivity index (χ1v) is 7.58. The number of nitrogens with zero attached hydrogens (tertiary/aromatic N) is 1. The van der Waals surface area contributed by atoms with Gasteiger partial charge in [-0.2, -0.15) is 0 Å². The van der Waals surface area contributed by atoms with Gasteiger partial charge in [0.1, 0.15) is 5.82 Å². The topological polar surface area (TPSA) is 57.8 Å². The smallest absolute Gasteiger partial charge is 0.200 e. The average molecular weight is 314 g/mol. The summed E-state index contributed by atoms with van der Waals surface area (Å²) in [7, 11) is 0. The van der Waals surface area contributed by atoms with Crippen molar-refractivity contribution in [2.24, 2.45) is 0 Å². The first kappa shape index (κ1) is 14.6. The molecule has 2 aromatic heterocycles. The number of fused-ring (bicyclic) bond motifs is 1. The Balaban J connectivity index is 2.19. The molecular formula is C17H16ClN3O. The third kappa shape index (κ3) is 2.70. The second-order valence-electron chi connectivity index (χ2n) is 5.05. The van der Waals surface area contributed by atoms with E-state index in [0.29, 0.717) is 21.8 Å². The van der Waals surface area contributed by atoms with Crippen molar-refractivity contribution in [1.29, 1.82) is 0 Å². The molecule has 0 amide bonds. The summed E-state index contributed by atoms with van der Waals surface area (Å²) < 4.78 is 0. The number of halogens is 1. The molecule has 0 saturated heterocycles. The first-order valence-electron chi connectivity index (χ1n) is 7.21. The van der Waals surface area contributed by atoms with E-state index >= 15 is 0 Å². The highest BCUT2D eigenvalue weighted by Crippen LogP contribution is 2.22. The van der Waals surface area contributed by atoms with Crippen molar-refractivity contribution in [3.63, 3.8) is 0 Å². The van der Waals surface area contributed by atoms with Gasteiger partial charge in [-0.3, -0.25) is 4.79 Å². The Morgan fingerprint density at radius 1 is 1.23 bits per heavy atom. The average Bonchev–Trinajstić information content (AvgIpc) is 2.54. The Labute approximate surface area is 133 Å². The molecule has 4 nitrogen and oxygen atoms in total. The van der Waals surface area contributed by atoms with Crippen molar-refractivity contribution in [2.45, 2.75) is 13.3 Å². The molecule has 3 rings (SSSR count). The van der Waals surface area contributed by atoms with Gasteiger partial charge in [-0.25, -0.2) is 4.98 Å². The van der Waals surface area contributed by atoms with Gasteiger partial charge >= 0.3 is 0 Å². The zero-order valence-electron chi connectivity index (χ0n) is 12.2. The van der Waals surface area contributed by atoms with Crippen LogP contribution in [0.1, 0.15) is 13.3 Å². The summed E-state index contributed by atoms with van der Waals surface area (Å²) in [6, 6.07) is 9.04. The van der Waals surface area contributed by atoms with E-state index in [-0.39, 0.29) is 5.43 Å². The van der Waals surface area contributed by atoms with E-state index in [9.17, 15) is 4.79 Å². The lowest BCUT2D eigenvalue weighted by Crippen LogP contribution is -2.11. The minimum atomic E-state index is -0.0391. The van der Waals surface area contributed by atoms with Crippen LogP contribution in [0.15, 0.2) is 47.5 Å². The summed E-state index contributed by atoms with van der Waals surface area (Å²) in [4.78, 5) is 20.3. The van der Waals surface area contributed by atoms with E-state index in [1.807, 2.05) is 12.1 Å². The Morgan fingerprint density at radius 3 is 2.73 bits per heavy atom. The maximum atomic E-state index is 12.9. The van der Waals surface area contributed by atoms with Crippen LogP contribution < -0.4 is 10.7 Å². The molecule has 3 aromatic rings. The van der Waals surface area contributed by atoms with Crippen molar-refractivity contribution in [2.75, 3.05) is 11.9 Å². The molecule has 0 aliphatic heterocycles. The Hall–Kier alpha value is -2.33. The lowest BCUT2D eigenvalue weighted by molar-refractivity contribution is 0.972. The first-order chi connectivity index (χ1) is 10.7. The molecule has 2 heterocycles. The summed E-state index contributed by atoms with van der Waals surface area (Å²) in [6.45, 7) is 2.85. The molecule has 112 valence electrons. The highest BCUT2D eigenvalue weighted by Gasteiger charge is 2.11. The normalized spacial score (nSPS) is 10.8. The molecule has 0 bridgehead atoms. The summed E-state index contributed by atoms with van der Waals surface area (Å²) in [6.07, 6.45) is 4.39. The molecule has 0 aliphatic rings. The number of aromatic amines is 1. The quantitative estimate of drug-likeness (QED) is 0.763. The molecule has 0 unspecified atom stereocenters. The fourth-order valence-electron chi connectivity index (χ4n) is 2.38. The number of hydrogen-bond donors (Lipinski definition) is 2. The van der Waals surface area contributed by atoms with Crippen LogP contribution in [0, 0.1) is 0 Å². The predicted molar refractivity (Wildman–Crippen MR) is 91.6 cm³/mol. The highest BCUT2D eigenvalue weighted by atomic mass is 35.5. The van der Waals surface area contributed by atoms with Crippen molar-refractivity contribution in [3.8, 4) is 11.1 Å². The van der Waals surface area contributed by atoms with Crippen LogP contribution in [0.4, 0.5) is 5.82 Å². The number of hydrogen-bond acceptors (Lipinski definition) is 3. The number of benzene rings is 1. The summed E-state index contributed by atoms with van der Waals surface area (Å²) >= 11 is 5.91. The molecule has 2 N–H and O–H groups in total. The van der Waals surface area contributed by atoms with Crippen molar-refractivity contribution in [3.05, 3.63) is 58.0 Å². The zero-order chi connectivity index (χ0) is 15.5. The van der Waals surface area contributed by atoms with E-state index in [1.165, 1.54) is 0 Å². The largest absolute Gasteiger partial charge is 0.369 e. The third-order valence-corrected chi connectivity index (χ3v) is 3.74. The molecule has 0 atom stereocenters. The van der Waals surface area contributed by atoms with Gasteiger partial charge in [-0.05, 0) is 30.2 Å². The summed E-state index contributed by atoms with van der Waals surface area (Å²) in [5.74, 6) is 0.622. The van der Waals surface area contributed by atoms with Crippen molar-refractivity contribution < 1.29 is 0 Å². The van der Waals surface area contributed by atoms with Crippen LogP contribution in [-0.4, -0.2) is 16.5 Å². The van der Waals surface area contributed by atoms with Crippen LogP contribution in [-0.2, 0) is 0 Å². The Kier molecular flexibility index (Phi) is 4.11. The Morgan fingerprint density at radius 2 is 2.00 bits per heavy atom. The van der Waals surface area contributed by atoms with Gasteiger partial charge in [-0.1, -0.05) is 30.7 Å². The fourth-order valence-corrected chi connectivity index (χ4v) is 2.51. The molecule has 0 saturated carbocycles. The molecule has 1 aromatic carbocycles. The number of H-pyrrole nitrogens is 1. The van der Waals surface area contributed by atoms with Crippen LogP contribution >= 0.6 is 11.6 Å². The standard InChI is InChI=1S/C17H16ClN3O/c1-2-8-19-17-15-14(7-9-20-17)21-10-13(16(15)22)11-3-5-12(18)6-4-11/h3-7,9-10H,2,8H2,1H3,(H,19,20)(H,21,22). The van der Waals surface area contributed by atoms with E-state index in [0.717, 1.165) is 24.0 Å². The maximum absolute atomic E-state index is 12.9. The maximum Gasteiger partial charge on any atom is 0.200 e. The van der Waals surface area contributed by atoms with Gasteiger partial charge in [0, 0.05) is 29.5 Å². The minimum Gasteiger partial charge on any atom is -0.369 e. The molecule has 22 heavy (non-hydrogen) atoms. The fraction of sp³-hybridized carbons (Fsp3) is 0.176. The van der Waals surface area contributed by atoms with Crippen LogP contribution in [0.5, 0.6) is 0 Å². The Bertz CT molecular complexity index is 856. The number of pyridine rings is 2. The minimum absolute atomic E-state index is 0.0391. The third-order valence-electron chi connectivity index (χ3n) is 3.49. The molecule has 0 radical (unpaired) electrons. The van der Waals surface area contributed by atoms with Gasteiger partial charge in [0.25, 0.3) is 0 Å². The van der Waals surface area contributed by atoms with E-state index in [4.69, 9.17) is 11.6 Å². The SMILES string of the molecule is CCCNc1nccc2[nH]cc(-c3ccc(Cl)cc3)c(=O)c12. The lowest BCUT2D eigenvalue weighted by atomic mass is 10.1. The molecule has 5 heteroatoms. The van der Waals surface area contributed by atoms with Gasteiger partial charge in [-0.15, -0.1) is 0 Å². The molecular weight excluding hydrogens is 298 g/mol.